The lowest BCUT2D eigenvalue weighted by molar-refractivity contribution is -0.133. The first-order valence-electron chi connectivity index (χ1n) is 9.28. The summed E-state index contributed by atoms with van der Waals surface area (Å²) in [6.07, 6.45) is 2.86. The van der Waals surface area contributed by atoms with Crippen molar-refractivity contribution in [2.75, 3.05) is 29.2 Å². The maximum Gasteiger partial charge on any atom is 0.314 e. The van der Waals surface area contributed by atoms with Crippen LogP contribution in [0.5, 0.6) is 5.75 Å². The summed E-state index contributed by atoms with van der Waals surface area (Å²) < 4.78 is 5.18. The van der Waals surface area contributed by atoms with E-state index in [9.17, 15) is 14.4 Å². The molecule has 0 atom stereocenters. The van der Waals surface area contributed by atoms with Crippen LogP contribution >= 0.6 is 0 Å². The van der Waals surface area contributed by atoms with E-state index < -0.39 is 11.8 Å². The van der Waals surface area contributed by atoms with Gasteiger partial charge < -0.3 is 20.3 Å². The molecule has 7 heteroatoms. The number of hydrogen-bond acceptors (Lipinski definition) is 4. The first-order valence-corrected chi connectivity index (χ1v) is 9.28. The van der Waals surface area contributed by atoms with Crippen LogP contribution in [-0.4, -0.2) is 31.4 Å². The van der Waals surface area contributed by atoms with Crippen molar-refractivity contribution in [1.82, 2.24) is 0 Å². The van der Waals surface area contributed by atoms with Crippen molar-refractivity contribution < 1.29 is 19.1 Å². The van der Waals surface area contributed by atoms with Gasteiger partial charge in [-0.15, -0.1) is 0 Å². The van der Waals surface area contributed by atoms with E-state index in [-0.39, 0.29) is 5.91 Å². The molecule has 4 rings (SSSR count). The molecule has 0 aromatic heterocycles. The first-order chi connectivity index (χ1) is 13.6. The summed E-state index contributed by atoms with van der Waals surface area (Å²) in [7, 11) is 1.50. The summed E-state index contributed by atoms with van der Waals surface area (Å²) in [5.74, 6) is -0.890. The van der Waals surface area contributed by atoms with Gasteiger partial charge in [-0.3, -0.25) is 14.4 Å². The van der Waals surface area contributed by atoms with Crippen molar-refractivity contribution in [2.24, 2.45) is 0 Å². The van der Waals surface area contributed by atoms with Crippen LogP contribution in [0, 0.1) is 0 Å². The van der Waals surface area contributed by atoms with Gasteiger partial charge >= 0.3 is 11.8 Å². The molecule has 2 aliphatic rings. The Balaban J connectivity index is 1.52. The first kappa shape index (κ1) is 18.0. The molecule has 0 spiro atoms. The molecule has 0 saturated heterocycles. The second-order valence-electron chi connectivity index (χ2n) is 6.90. The Hall–Kier alpha value is -3.35. The van der Waals surface area contributed by atoms with E-state index in [4.69, 9.17) is 4.74 Å². The molecule has 0 saturated carbocycles. The monoisotopic (exact) mass is 379 g/mol. The number of para-hydroxylation sites is 2. The van der Waals surface area contributed by atoms with Gasteiger partial charge in [0.25, 0.3) is 0 Å². The van der Waals surface area contributed by atoms with E-state index in [0.29, 0.717) is 30.0 Å². The molecule has 0 unspecified atom stereocenters. The lowest BCUT2D eigenvalue weighted by Gasteiger charge is -2.35. The molecule has 2 aliphatic heterocycles. The topological polar surface area (TPSA) is 87.7 Å². The zero-order valence-corrected chi connectivity index (χ0v) is 15.6. The predicted octanol–water partition coefficient (Wildman–Crippen LogP) is 2.50. The van der Waals surface area contributed by atoms with Gasteiger partial charge in [0, 0.05) is 18.7 Å². The zero-order chi connectivity index (χ0) is 19.7. The van der Waals surface area contributed by atoms with E-state index in [0.717, 1.165) is 36.2 Å². The van der Waals surface area contributed by atoms with Crippen LogP contribution < -0.4 is 20.3 Å². The molecule has 2 heterocycles. The van der Waals surface area contributed by atoms with Gasteiger partial charge in [0.15, 0.2) is 0 Å². The number of hydrogen-bond donors (Lipinski definition) is 2. The highest BCUT2D eigenvalue weighted by Crippen LogP contribution is 2.37. The molecular weight excluding hydrogens is 358 g/mol. The number of benzene rings is 2. The predicted molar refractivity (Wildman–Crippen MR) is 106 cm³/mol. The molecule has 2 aromatic carbocycles. The van der Waals surface area contributed by atoms with Gasteiger partial charge in [-0.2, -0.15) is 0 Å². The minimum atomic E-state index is -0.771. The number of carbonyl (C=O) groups is 3. The number of ether oxygens (including phenoxy) is 1. The van der Waals surface area contributed by atoms with Crippen LogP contribution in [0.15, 0.2) is 36.4 Å². The lowest BCUT2D eigenvalue weighted by atomic mass is 9.91. The van der Waals surface area contributed by atoms with E-state index in [1.807, 2.05) is 17.0 Å². The highest BCUT2D eigenvalue weighted by Gasteiger charge is 2.30. The van der Waals surface area contributed by atoms with Gasteiger partial charge in [0.1, 0.15) is 5.75 Å². The molecule has 3 amide bonds. The molecular formula is C21H21N3O4. The molecule has 0 radical (unpaired) electrons. The Kier molecular flexibility index (Phi) is 4.73. The Morgan fingerprint density at radius 3 is 2.50 bits per heavy atom. The molecule has 0 bridgehead atoms. The van der Waals surface area contributed by atoms with Crippen LogP contribution in [0.25, 0.3) is 0 Å². The Morgan fingerprint density at radius 1 is 1.00 bits per heavy atom. The smallest absolute Gasteiger partial charge is 0.314 e. The molecule has 7 nitrogen and oxygen atoms in total. The van der Waals surface area contributed by atoms with Crippen LogP contribution in [0.2, 0.25) is 0 Å². The van der Waals surface area contributed by atoms with Crippen LogP contribution in [-0.2, 0) is 27.2 Å². The molecule has 2 aromatic rings. The van der Waals surface area contributed by atoms with Crippen molar-refractivity contribution in [1.29, 1.82) is 0 Å². The lowest BCUT2D eigenvalue weighted by Crippen LogP contribution is -2.39. The van der Waals surface area contributed by atoms with Crippen molar-refractivity contribution in [2.45, 2.75) is 25.7 Å². The Labute approximate surface area is 162 Å². The number of nitrogens with zero attached hydrogens (tertiary/aromatic N) is 1. The van der Waals surface area contributed by atoms with E-state index in [1.165, 1.54) is 7.11 Å². The summed E-state index contributed by atoms with van der Waals surface area (Å²) in [5.41, 5.74) is 4.07. The largest absolute Gasteiger partial charge is 0.495 e. The van der Waals surface area contributed by atoms with Crippen LogP contribution in [0.1, 0.15) is 24.0 Å². The number of methoxy groups -OCH3 is 1. The second-order valence-corrected chi connectivity index (χ2v) is 6.90. The average molecular weight is 379 g/mol. The fourth-order valence-corrected chi connectivity index (χ4v) is 3.84. The van der Waals surface area contributed by atoms with Crippen LogP contribution in [0.4, 0.5) is 17.1 Å². The summed E-state index contributed by atoms with van der Waals surface area (Å²) in [6, 6.07) is 10.6. The highest BCUT2D eigenvalue weighted by atomic mass is 16.5. The maximum absolute atomic E-state index is 12.4. The van der Waals surface area contributed by atoms with Gasteiger partial charge in [-0.25, -0.2) is 0 Å². The second kappa shape index (κ2) is 7.34. The average Bonchev–Trinajstić information content (AvgIpc) is 2.71. The van der Waals surface area contributed by atoms with Gasteiger partial charge in [-0.1, -0.05) is 12.1 Å². The number of amides is 3. The number of carbonyl (C=O) groups excluding carboxylic acids is 3. The fourth-order valence-electron chi connectivity index (χ4n) is 3.84. The van der Waals surface area contributed by atoms with Gasteiger partial charge in [0.05, 0.1) is 18.5 Å². The van der Waals surface area contributed by atoms with E-state index in [1.54, 1.807) is 24.3 Å². The fraction of sp³-hybridized carbons (Fsp3) is 0.286. The zero-order valence-electron chi connectivity index (χ0n) is 15.6. The molecule has 0 fully saturated rings. The number of anilines is 3. The Morgan fingerprint density at radius 2 is 1.71 bits per heavy atom. The third-order valence-electron chi connectivity index (χ3n) is 5.09. The van der Waals surface area contributed by atoms with E-state index in [2.05, 4.69) is 10.6 Å². The van der Waals surface area contributed by atoms with Crippen molar-refractivity contribution in [3.05, 3.63) is 47.5 Å². The molecule has 144 valence electrons. The van der Waals surface area contributed by atoms with Gasteiger partial charge in [-0.05, 0) is 54.7 Å². The van der Waals surface area contributed by atoms with Crippen molar-refractivity contribution in [3.63, 3.8) is 0 Å². The maximum atomic E-state index is 12.4. The Bertz CT molecular complexity index is 953. The minimum Gasteiger partial charge on any atom is -0.495 e. The summed E-state index contributed by atoms with van der Waals surface area (Å²) in [6.45, 7) is 0.742. The summed E-state index contributed by atoms with van der Waals surface area (Å²) in [4.78, 5) is 38.7. The summed E-state index contributed by atoms with van der Waals surface area (Å²) >= 11 is 0. The van der Waals surface area contributed by atoms with Crippen molar-refractivity contribution >= 4 is 34.8 Å². The number of rotatable bonds is 3. The van der Waals surface area contributed by atoms with E-state index >= 15 is 0 Å². The number of aryl methyl sites for hydroxylation is 2. The normalized spacial score (nSPS) is 14.9. The highest BCUT2D eigenvalue weighted by molar-refractivity contribution is 6.43. The third kappa shape index (κ3) is 3.31. The minimum absolute atomic E-state index is 0.154. The molecule has 28 heavy (non-hydrogen) atoms. The standard InChI is InChI=1S/C21H21N3O4/c1-28-17-7-3-2-6-16(17)23-21(27)20(26)22-15-11-13-5-4-10-24-18(25)9-8-14(12-15)19(13)24/h2-3,6-7,11-12H,4-5,8-10H2,1H3,(H,22,26)(H,23,27). The van der Waals surface area contributed by atoms with Crippen molar-refractivity contribution in [3.8, 4) is 5.75 Å². The molecule has 0 aliphatic carbocycles. The molecule has 2 N–H and O–H groups in total. The van der Waals surface area contributed by atoms with Gasteiger partial charge in [0.2, 0.25) is 5.91 Å². The quantitative estimate of drug-likeness (QED) is 0.802. The van der Waals surface area contributed by atoms with Crippen LogP contribution in [0.3, 0.4) is 0 Å². The SMILES string of the molecule is COc1ccccc1NC(=O)C(=O)Nc1cc2c3c(c1)CCC(=O)N3CCC2. The number of nitrogens with one attached hydrogen (secondary N) is 2. The summed E-state index contributed by atoms with van der Waals surface area (Å²) in [5, 5.41) is 5.25. The third-order valence-corrected chi connectivity index (χ3v) is 5.09.